The highest BCUT2D eigenvalue weighted by Crippen LogP contribution is 2.28. The van der Waals surface area contributed by atoms with Crippen molar-refractivity contribution in [1.29, 1.82) is 0 Å². The molecule has 0 saturated carbocycles. The lowest BCUT2D eigenvalue weighted by Gasteiger charge is -2.15. The van der Waals surface area contributed by atoms with Crippen LogP contribution in [0.25, 0.3) is 21.9 Å². The first kappa shape index (κ1) is 13.9. The molecule has 2 heterocycles. The Balaban J connectivity index is 1.94. The molecule has 0 spiro atoms. The predicted molar refractivity (Wildman–Crippen MR) is 93.2 cm³/mol. The van der Waals surface area contributed by atoms with Crippen molar-refractivity contribution >= 4 is 21.9 Å². The lowest BCUT2D eigenvalue weighted by Crippen LogP contribution is -2.17. The summed E-state index contributed by atoms with van der Waals surface area (Å²) < 4.78 is 2.07. The van der Waals surface area contributed by atoms with Gasteiger partial charge in [0.05, 0.1) is 22.6 Å². The van der Waals surface area contributed by atoms with Gasteiger partial charge in [0.1, 0.15) is 5.82 Å². The zero-order valence-electron chi connectivity index (χ0n) is 13.2. The number of pyridine rings is 1. The molecule has 2 aromatic heterocycles. The highest BCUT2D eigenvalue weighted by molar-refractivity contribution is 5.83. The van der Waals surface area contributed by atoms with E-state index in [0.29, 0.717) is 0 Å². The van der Waals surface area contributed by atoms with Crippen molar-refractivity contribution in [3.05, 3.63) is 71.7 Å². The van der Waals surface area contributed by atoms with Crippen molar-refractivity contribution in [2.75, 3.05) is 0 Å². The minimum Gasteiger partial charge on any atom is -0.330 e. The summed E-state index contributed by atoms with van der Waals surface area (Å²) in [5.74, 6) is 0.863. The summed E-state index contributed by atoms with van der Waals surface area (Å²) in [4.78, 5) is 9.34. The van der Waals surface area contributed by atoms with E-state index in [9.17, 15) is 0 Å². The van der Waals surface area contributed by atoms with Gasteiger partial charge in [-0.25, -0.2) is 4.98 Å². The topological polar surface area (TPSA) is 56.7 Å². The molecule has 0 saturated heterocycles. The van der Waals surface area contributed by atoms with Gasteiger partial charge in [0.2, 0.25) is 0 Å². The van der Waals surface area contributed by atoms with Crippen molar-refractivity contribution in [2.24, 2.45) is 12.8 Å². The second-order valence-corrected chi connectivity index (χ2v) is 5.87. The molecule has 0 aliphatic rings. The third-order valence-electron chi connectivity index (χ3n) is 4.31. The van der Waals surface area contributed by atoms with Crippen LogP contribution < -0.4 is 5.73 Å². The molecule has 23 heavy (non-hydrogen) atoms. The van der Waals surface area contributed by atoms with E-state index in [1.807, 2.05) is 50.4 Å². The molecule has 0 aliphatic heterocycles. The first-order chi connectivity index (χ1) is 11.1. The molecule has 0 bridgehead atoms. The minimum atomic E-state index is -0.293. The predicted octanol–water partition coefficient (Wildman–Crippen LogP) is 3.48. The van der Waals surface area contributed by atoms with Gasteiger partial charge in [0.15, 0.2) is 0 Å². The number of nitrogens with two attached hydrogens (primary N) is 1. The van der Waals surface area contributed by atoms with Gasteiger partial charge >= 0.3 is 0 Å². The van der Waals surface area contributed by atoms with Crippen LogP contribution in [0.3, 0.4) is 0 Å². The summed E-state index contributed by atoms with van der Waals surface area (Å²) in [6.07, 6.45) is 0. The maximum atomic E-state index is 6.60. The second kappa shape index (κ2) is 5.18. The first-order valence-corrected chi connectivity index (χ1v) is 7.68. The summed E-state index contributed by atoms with van der Waals surface area (Å²) >= 11 is 0. The molecule has 4 nitrogen and oxygen atoms in total. The molecule has 0 radical (unpaired) electrons. The van der Waals surface area contributed by atoms with E-state index in [2.05, 4.69) is 27.8 Å². The number of benzene rings is 2. The van der Waals surface area contributed by atoms with Gasteiger partial charge < -0.3 is 10.3 Å². The summed E-state index contributed by atoms with van der Waals surface area (Å²) in [6.45, 7) is 2.00. The SMILES string of the molecule is Cc1cc(C(N)c2nc3ccccc3n2C)c2ccccc2n1. The van der Waals surface area contributed by atoms with Gasteiger partial charge in [0.25, 0.3) is 0 Å². The fraction of sp³-hybridized carbons (Fsp3) is 0.158. The summed E-state index contributed by atoms with van der Waals surface area (Å²) in [5.41, 5.74) is 11.7. The Morgan fingerprint density at radius 1 is 0.957 bits per heavy atom. The maximum Gasteiger partial charge on any atom is 0.131 e. The summed E-state index contributed by atoms with van der Waals surface area (Å²) in [6, 6.07) is 18.0. The van der Waals surface area contributed by atoms with Crippen molar-refractivity contribution in [3.63, 3.8) is 0 Å². The Hall–Kier alpha value is -2.72. The fourth-order valence-electron chi connectivity index (χ4n) is 3.18. The number of aromatic nitrogens is 3. The minimum absolute atomic E-state index is 0.293. The summed E-state index contributed by atoms with van der Waals surface area (Å²) in [7, 11) is 2.01. The lowest BCUT2D eigenvalue weighted by atomic mass is 10.0. The van der Waals surface area contributed by atoms with Gasteiger partial charge in [-0.1, -0.05) is 30.3 Å². The standard InChI is InChI=1S/C19H18N4/c1-12-11-14(13-7-3-4-8-15(13)21-12)18(20)19-22-16-9-5-6-10-17(16)23(19)2/h3-11,18H,20H2,1-2H3. The van der Waals surface area contributed by atoms with Gasteiger partial charge in [-0.3, -0.25) is 4.98 Å². The van der Waals surface area contributed by atoms with Crippen molar-refractivity contribution in [2.45, 2.75) is 13.0 Å². The molecule has 4 rings (SSSR count). The maximum absolute atomic E-state index is 6.60. The lowest BCUT2D eigenvalue weighted by molar-refractivity contribution is 0.731. The van der Waals surface area contributed by atoms with E-state index in [1.54, 1.807) is 0 Å². The fourth-order valence-corrected chi connectivity index (χ4v) is 3.18. The van der Waals surface area contributed by atoms with E-state index < -0.39 is 0 Å². The average molecular weight is 302 g/mol. The van der Waals surface area contributed by atoms with Crippen LogP contribution in [-0.4, -0.2) is 14.5 Å². The zero-order chi connectivity index (χ0) is 16.0. The molecule has 0 fully saturated rings. The van der Waals surface area contributed by atoms with E-state index in [4.69, 9.17) is 10.7 Å². The molecule has 114 valence electrons. The van der Waals surface area contributed by atoms with Gasteiger partial charge in [-0.15, -0.1) is 0 Å². The molecule has 2 N–H and O–H groups in total. The number of aryl methyl sites for hydroxylation is 2. The molecule has 1 unspecified atom stereocenters. The van der Waals surface area contributed by atoms with Crippen LogP contribution in [0, 0.1) is 6.92 Å². The Morgan fingerprint density at radius 2 is 1.65 bits per heavy atom. The summed E-state index contributed by atoms with van der Waals surface area (Å²) in [5, 5.41) is 1.08. The Morgan fingerprint density at radius 3 is 2.43 bits per heavy atom. The number of nitrogens with zero attached hydrogens (tertiary/aromatic N) is 3. The Labute approximate surface area is 134 Å². The van der Waals surface area contributed by atoms with E-state index >= 15 is 0 Å². The normalized spacial score (nSPS) is 12.8. The molecule has 4 heteroatoms. The third kappa shape index (κ3) is 2.19. The van der Waals surface area contributed by atoms with Crippen molar-refractivity contribution < 1.29 is 0 Å². The van der Waals surface area contributed by atoms with Gasteiger partial charge in [0, 0.05) is 18.1 Å². The van der Waals surface area contributed by atoms with E-state index in [1.165, 1.54) is 0 Å². The van der Waals surface area contributed by atoms with Crippen molar-refractivity contribution in [3.8, 4) is 0 Å². The first-order valence-electron chi connectivity index (χ1n) is 7.68. The number of imidazole rings is 1. The van der Waals surface area contributed by atoms with E-state index in [-0.39, 0.29) is 6.04 Å². The molecule has 0 amide bonds. The van der Waals surface area contributed by atoms with Crippen LogP contribution in [0.15, 0.2) is 54.6 Å². The highest BCUT2D eigenvalue weighted by atomic mass is 15.1. The smallest absolute Gasteiger partial charge is 0.131 e. The van der Waals surface area contributed by atoms with Crippen LogP contribution in [-0.2, 0) is 7.05 Å². The van der Waals surface area contributed by atoms with E-state index in [0.717, 1.165) is 39.0 Å². The molecule has 0 aliphatic carbocycles. The highest BCUT2D eigenvalue weighted by Gasteiger charge is 2.19. The molecular formula is C19H18N4. The van der Waals surface area contributed by atoms with Gasteiger partial charge in [-0.2, -0.15) is 0 Å². The van der Waals surface area contributed by atoms with Crippen LogP contribution in [0.1, 0.15) is 23.1 Å². The largest absolute Gasteiger partial charge is 0.330 e. The van der Waals surface area contributed by atoms with Crippen LogP contribution in [0.4, 0.5) is 0 Å². The second-order valence-electron chi connectivity index (χ2n) is 5.87. The van der Waals surface area contributed by atoms with Crippen molar-refractivity contribution in [1.82, 2.24) is 14.5 Å². The molecule has 2 aromatic carbocycles. The zero-order valence-corrected chi connectivity index (χ0v) is 13.2. The van der Waals surface area contributed by atoms with Crippen LogP contribution in [0.5, 0.6) is 0 Å². The monoisotopic (exact) mass is 302 g/mol. The number of hydrogen-bond donors (Lipinski definition) is 1. The number of para-hydroxylation sites is 3. The quantitative estimate of drug-likeness (QED) is 0.617. The van der Waals surface area contributed by atoms with Gasteiger partial charge in [-0.05, 0) is 36.8 Å². The Bertz CT molecular complexity index is 1020. The Kier molecular flexibility index (Phi) is 3.13. The number of rotatable bonds is 2. The third-order valence-corrected chi connectivity index (χ3v) is 4.31. The molecular weight excluding hydrogens is 284 g/mol. The van der Waals surface area contributed by atoms with Crippen LogP contribution in [0.2, 0.25) is 0 Å². The number of fused-ring (bicyclic) bond motifs is 2. The molecule has 4 aromatic rings. The molecule has 1 atom stereocenters. The van der Waals surface area contributed by atoms with Crippen LogP contribution >= 0.6 is 0 Å². The number of hydrogen-bond acceptors (Lipinski definition) is 3. The average Bonchev–Trinajstić information content (AvgIpc) is 2.91.